The number of urea groups is 1. The summed E-state index contributed by atoms with van der Waals surface area (Å²) in [7, 11) is 1.72. The lowest BCUT2D eigenvalue weighted by atomic mass is 9.96. The van der Waals surface area contributed by atoms with E-state index in [0.717, 1.165) is 39.1 Å². The molecule has 0 aliphatic carbocycles. The van der Waals surface area contributed by atoms with E-state index < -0.39 is 12.1 Å². The number of nitrogens with two attached hydrogens (primary N) is 1. The molecule has 1 aliphatic heterocycles. The van der Waals surface area contributed by atoms with E-state index >= 15 is 0 Å². The standard InChI is InChI=1S/C15H30N4O3/c1-11(2)13(18-15(16)21)14(20)17-10-12-4-6-19(7-5-12)8-9-22-3/h11-13H,4-10H2,1-3H3,(H,17,20)(H3,16,18,21)/t13-/m0/s1. The van der Waals surface area contributed by atoms with Gasteiger partial charge in [0.15, 0.2) is 0 Å². The minimum Gasteiger partial charge on any atom is -0.383 e. The third-order valence-corrected chi connectivity index (χ3v) is 4.13. The quantitative estimate of drug-likeness (QED) is 0.594. The van der Waals surface area contributed by atoms with Crippen molar-refractivity contribution in [2.45, 2.75) is 32.7 Å². The van der Waals surface area contributed by atoms with Gasteiger partial charge >= 0.3 is 6.03 Å². The Morgan fingerprint density at radius 3 is 2.45 bits per heavy atom. The Labute approximate surface area is 132 Å². The van der Waals surface area contributed by atoms with Crippen molar-refractivity contribution in [3.05, 3.63) is 0 Å². The summed E-state index contributed by atoms with van der Waals surface area (Å²) in [4.78, 5) is 25.5. The highest BCUT2D eigenvalue weighted by molar-refractivity contribution is 5.86. The average Bonchev–Trinajstić information content (AvgIpc) is 2.48. The molecule has 0 aromatic carbocycles. The Kier molecular flexibility index (Phi) is 8.19. The Bertz CT molecular complexity index is 355. The summed E-state index contributed by atoms with van der Waals surface area (Å²) in [5, 5.41) is 5.45. The Hall–Kier alpha value is -1.34. The van der Waals surface area contributed by atoms with E-state index in [0.29, 0.717) is 12.5 Å². The topological polar surface area (TPSA) is 96.7 Å². The van der Waals surface area contributed by atoms with E-state index in [-0.39, 0.29) is 11.8 Å². The number of hydrogen-bond donors (Lipinski definition) is 3. The fraction of sp³-hybridized carbons (Fsp3) is 0.867. The molecule has 1 heterocycles. The maximum Gasteiger partial charge on any atom is 0.312 e. The van der Waals surface area contributed by atoms with Crippen molar-refractivity contribution >= 4 is 11.9 Å². The molecular formula is C15H30N4O3. The molecule has 1 aliphatic rings. The van der Waals surface area contributed by atoms with Crippen LogP contribution >= 0.6 is 0 Å². The minimum atomic E-state index is -0.666. The summed E-state index contributed by atoms with van der Waals surface area (Å²) < 4.78 is 5.09. The third kappa shape index (κ3) is 6.62. The number of hydrogen-bond acceptors (Lipinski definition) is 4. The molecule has 0 aromatic rings. The molecule has 1 rings (SSSR count). The highest BCUT2D eigenvalue weighted by Crippen LogP contribution is 2.16. The molecule has 0 aromatic heterocycles. The van der Waals surface area contributed by atoms with E-state index in [9.17, 15) is 9.59 Å². The predicted molar refractivity (Wildman–Crippen MR) is 85.4 cm³/mol. The number of carbonyl (C=O) groups excluding carboxylic acids is 2. The van der Waals surface area contributed by atoms with E-state index in [1.54, 1.807) is 7.11 Å². The maximum absolute atomic E-state index is 12.2. The van der Waals surface area contributed by atoms with Crippen LogP contribution in [0.1, 0.15) is 26.7 Å². The second-order valence-electron chi connectivity index (χ2n) is 6.25. The molecular weight excluding hydrogens is 284 g/mol. The number of rotatable bonds is 8. The van der Waals surface area contributed by atoms with Gasteiger partial charge in [-0.05, 0) is 37.8 Å². The number of ether oxygens (including phenoxy) is 1. The van der Waals surface area contributed by atoms with Crippen molar-refractivity contribution in [2.24, 2.45) is 17.6 Å². The molecule has 128 valence electrons. The second-order valence-corrected chi connectivity index (χ2v) is 6.25. The number of amides is 3. The minimum absolute atomic E-state index is 0.00314. The fourth-order valence-electron chi connectivity index (χ4n) is 2.68. The molecule has 0 saturated carbocycles. The number of carbonyl (C=O) groups is 2. The van der Waals surface area contributed by atoms with Gasteiger partial charge in [0.1, 0.15) is 6.04 Å². The summed E-state index contributed by atoms with van der Waals surface area (Å²) in [5.74, 6) is 0.336. The summed E-state index contributed by atoms with van der Waals surface area (Å²) in [6, 6.07) is -1.24. The van der Waals surface area contributed by atoms with Crippen molar-refractivity contribution in [1.29, 1.82) is 0 Å². The Morgan fingerprint density at radius 2 is 1.95 bits per heavy atom. The van der Waals surface area contributed by atoms with Gasteiger partial charge < -0.3 is 26.0 Å². The molecule has 0 radical (unpaired) electrons. The van der Waals surface area contributed by atoms with Crippen molar-refractivity contribution in [3.63, 3.8) is 0 Å². The summed E-state index contributed by atoms with van der Waals surface area (Å²) >= 11 is 0. The van der Waals surface area contributed by atoms with E-state index in [1.165, 1.54) is 0 Å². The van der Waals surface area contributed by atoms with Crippen LogP contribution < -0.4 is 16.4 Å². The Balaban J connectivity index is 2.30. The lowest BCUT2D eigenvalue weighted by molar-refractivity contribution is -0.124. The zero-order valence-corrected chi connectivity index (χ0v) is 13.9. The molecule has 3 amide bonds. The van der Waals surface area contributed by atoms with Gasteiger partial charge in [-0.1, -0.05) is 13.8 Å². The number of piperidine rings is 1. The molecule has 0 spiro atoms. The first-order valence-electron chi connectivity index (χ1n) is 7.99. The molecule has 1 fully saturated rings. The van der Waals surface area contributed by atoms with Crippen LogP contribution in [-0.4, -0.2) is 62.8 Å². The zero-order valence-electron chi connectivity index (χ0n) is 13.9. The van der Waals surface area contributed by atoms with Crippen LogP contribution in [0.3, 0.4) is 0 Å². The fourth-order valence-corrected chi connectivity index (χ4v) is 2.68. The third-order valence-electron chi connectivity index (χ3n) is 4.13. The zero-order chi connectivity index (χ0) is 16.5. The normalized spacial score (nSPS) is 18.2. The highest BCUT2D eigenvalue weighted by atomic mass is 16.5. The van der Waals surface area contributed by atoms with E-state index in [4.69, 9.17) is 10.5 Å². The predicted octanol–water partition coefficient (Wildman–Crippen LogP) is 0.154. The van der Waals surface area contributed by atoms with Crippen molar-refractivity contribution in [3.8, 4) is 0 Å². The number of methoxy groups -OCH3 is 1. The number of nitrogens with one attached hydrogen (secondary N) is 2. The van der Waals surface area contributed by atoms with Gasteiger partial charge in [0.05, 0.1) is 6.61 Å². The number of nitrogens with zero attached hydrogens (tertiary/aromatic N) is 1. The first-order valence-corrected chi connectivity index (χ1v) is 7.99. The van der Waals surface area contributed by atoms with Crippen LogP contribution in [-0.2, 0) is 9.53 Å². The smallest absolute Gasteiger partial charge is 0.312 e. The highest BCUT2D eigenvalue weighted by Gasteiger charge is 2.25. The molecule has 1 saturated heterocycles. The van der Waals surface area contributed by atoms with Crippen molar-refractivity contribution < 1.29 is 14.3 Å². The van der Waals surface area contributed by atoms with Crippen molar-refractivity contribution in [2.75, 3.05) is 39.9 Å². The first-order chi connectivity index (χ1) is 10.4. The van der Waals surface area contributed by atoms with Gasteiger partial charge in [-0.3, -0.25) is 4.79 Å². The second kappa shape index (κ2) is 9.63. The first kappa shape index (κ1) is 18.7. The largest absolute Gasteiger partial charge is 0.383 e. The summed E-state index contributed by atoms with van der Waals surface area (Å²) in [6.07, 6.45) is 2.14. The van der Waals surface area contributed by atoms with Crippen LogP contribution in [0, 0.1) is 11.8 Å². The van der Waals surface area contributed by atoms with Gasteiger partial charge in [0.25, 0.3) is 0 Å². The molecule has 1 atom stereocenters. The molecule has 0 bridgehead atoms. The van der Waals surface area contributed by atoms with E-state index in [1.807, 2.05) is 13.8 Å². The summed E-state index contributed by atoms with van der Waals surface area (Å²) in [5.41, 5.74) is 5.12. The van der Waals surface area contributed by atoms with Crippen LogP contribution in [0.2, 0.25) is 0 Å². The lowest BCUT2D eigenvalue weighted by Gasteiger charge is -2.32. The van der Waals surface area contributed by atoms with Crippen LogP contribution in [0.5, 0.6) is 0 Å². The average molecular weight is 314 g/mol. The molecule has 7 nitrogen and oxygen atoms in total. The molecule has 0 unspecified atom stereocenters. The van der Waals surface area contributed by atoms with Gasteiger partial charge in [0.2, 0.25) is 5.91 Å². The van der Waals surface area contributed by atoms with Gasteiger partial charge in [-0.15, -0.1) is 0 Å². The maximum atomic E-state index is 12.2. The van der Waals surface area contributed by atoms with Gasteiger partial charge in [-0.25, -0.2) is 4.79 Å². The van der Waals surface area contributed by atoms with Gasteiger partial charge in [-0.2, -0.15) is 0 Å². The monoisotopic (exact) mass is 314 g/mol. The van der Waals surface area contributed by atoms with E-state index in [2.05, 4.69) is 15.5 Å². The Morgan fingerprint density at radius 1 is 1.32 bits per heavy atom. The number of likely N-dealkylation sites (tertiary alicyclic amines) is 1. The lowest BCUT2D eigenvalue weighted by Crippen LogP contribution is -2.52. The van der Waals surface area contributed by atoms with Gasteiger partial charge in [0, 0.05) is 20.2 Å². The molecule has 4 N–H and O–H groups in total. The van der Waals surface area contributed by atoms with Crippen LogP contribution in [0.4, 0.5) is 4.79 Å². The molecule has 22 heavy (non-hydrogen) atoms. The van der Waals surface area contributed by atoms with Crippen LogP contribution in [0.25, 0.3) is 0 Å². The number of primary amides is 1. The summed E-state index contributed by atoms with van der Waals surface area (Å²) in [6.45, 7) is 8.22. The van der Waals surface area contributed by atoms with Crippen molar-refractivity contribution in [1.82, 2.24) is 15.5 Å². The molecule has 7 heteroatoms. The SMILES string of the molecule is COCCN1CCC(CNC(=O)[C@@H](NC(N)=O)C(C)C)CC1. The van der Waals surface area contributed by atoms with Crippen LogP contribution in [0.15, 0.2) is 0 Å².